The predicted molar refractivity (Wildman–Crippen MR) is 56.1 cm³/mol. The fraction of sp³-hybridized carbons (Fsp3) is 0.500. The summed E-state index contributed by atoms with van der Waals surface area (Å²) in [5, 5.41) is 0. The zero-order valence-electron chi connectivity index (χ0n) is 8.00. The minimum absolute atomic E-state index is 0.343. The Balaban J connectivity index is 2.35. The second-order valence-electron chi connectivity index (χ2n) is 3.35. The molecule has 0 aromatic carbocycles. The first-order valence-corrected chi connectivity index (χ1v) is 5.32. The van der Waals surface area contributed by atoms with E-state index in [-0.39, 0.29) is 5.60 Å². The number of rotatable bonds is 2. The molecule has 1 aliphatic rings. The summed E-state index contributed by atoms with van der Waals surface area (Å²) in [5.41, 5.74) is 0.593. The molecule has 76 valence electrons. The van der Waals surface area contributed by atoms with Gasteiger partial charge >= 0.3 is 0 Å². The molecule has 14 heavy (non-hydrogen) atoms. The molecule has 1 aromatic heterocycles. The zero-order chi connectivity index (χ0) is 10.0. The van der Waals surface area contributed by atoms with Gasteiger partial charge in [0.05, 0.1) is 12.3 Å². The average molecular weight is 258 g/mol. The Morgan fingerprint density at radius 2 is 2.43 bits per heavy atom. The van der Waals surface area contributed by atoms with Crippen molar-refractivity contribution in [2.24, 2.45) is 0 Å². The minimum atomic E-state index is -0.343. The number of hydrogen-bond acceptors (Lipinski definition) is 3. The number of nitrogens with zero attached hydrogens (tertiary/aromatic N) is 1. The van der Waals surface area contributed by atoms with Gasteiger partial charge in [0.25, 0.3) is 0 Å². The van der Waals surface area contributed by atoms with Crippen LogP contribution in [0.3, 0.4) is 0 Å². The van der Waals surface area contributed by atoms with Gasteiger partial charge in [-0.2, -0.15) is 0 Å². The Hall–Kier alpha value is -0.450. The second-order valence-corrected chi connectivity index (χ2v) is 4.16. The number of halogens is 1. The molecule has 0 radical (unpaired) electrons. The summed E-state index contributed by atoms with van der Waals surface area (Å²) in [6.45, 7) is 1.33. The summed E-state index contributed by atoms with van der Waals surface area (Å²) in [7, 11) is 1.71. The zero-order valence-corrected chi connectivity index (χ0v) is 9.58. The molecule has 0 amide bonds. The summed E-state index contributed by atoms with van der Waals surface area (Å²) in [6, 6.07) is 5.84. The van der Waals surface area contributed by atoms with Crippen LogP contribution in [0.5, 0.6) is 0 Å². The van der Waals surface area contributed by atoms with Crippen LogP contribution in [0.4, 0.5) is 0 Å². The van der Waals surface area contributed by atoms with Crippen LogP contribution in [0.2, 0.25) is 0 Å². The van der Waals surface area contributed by atoms with Crippen molar-refractivity contribution in [2.45, 2.75) is 12.0 Å². The monoisotopic (exact) mass is 257 g/mol. The van der Waals surface area contributed by atoms with Gasteiger partial charge in [-0.3, -0.25) is 0 Å². The van der Waals surface area contributed by atoms with Gasteiger partial charge < -0.3 is 9.47 Å². The Morgan fingerprint density at radius 3 is 3.00 bits per heavy atom. The summed E-state index contributed by atoms with van der Waals surface area (Å²) in [6.07, 6.45) is 0.868. The number of methoxy groups -OCH3 is 1. The number of aromatic nitrogens is 1. The van der Waals surface area contributed by atoms with E-state index in [1.165, 1.54) is 0 Å². The molecular formula is C10H12BrNO2. The van der Waals surface area contributed by atoms with Gasteiger partial charge in [-0.1, -0.05) is 6.07 Å². The highest BCUT2D eigenvalue weighted by Crippen LogP contribution is 2.32. The normalized spacial score (nSPS) is 26.7. The summed E-state index contributed by atoms with van der Waals surface area (Å²) < 4.78 is 11.7. The third-order valence-electron chi connectivity index (χ3n) is 2.56. The van der Waals surface area contributed by atoms with Crippen LogP contribution in [-0.4, -0.2) is 25.3 Å². The molecule has 0 aliphatic carbocycles. The highest BCUT2D eigenvalue weighted by molar-refractivity contribution is 9.10. The molecule has 1 fully saturated rings. The van der Waals surface area contributed by atoms with Gasteiger partial charge in [-0.05, 0) is 28.1 Å². The van der Waals surface area contributed by atoms with Crippen molar-refractivity contribution in [3.05, 3.63) is 28.5 Å². The van der Waals surface area contributed by atoms with E-state index in [2.05, 4.69) is 20.9 Å². The molecule has 0 bridgehead atoms. The maximum Gasteiger partial charge on any atom is 0.135 e. The minimum Gasteiger partial charge on any atom is -0.378 e. The largest absolute Gasteiger partial charge is 0.378 e. The van der Waals surface area contributed by atoms with E-state index in [1.807, 2.05) is 18.2 Å². The quantitative estimate of drug-likeness (QED) is 0.761. The first-order chi connectivity index (χ1) is 6.77. The van der Waals surface area contributed by atoms with Crippen molar-refractivity contribution < 1.29 is 9.47 Å². The van der Waals surface area contributed by atoms with E-state index in [4.69, 9.17) is 9.47 Å². The van der Waals surface area contributed by atoms with E-state index in [1.54, 1.807) is 7.11 Å². The second kappa shape index (κ2) is 3.96. The van der Waals surface area contributed by atoms with Crippen LogP contribution in [0.15, 0.2) is 22.8 Å². The average Bonchev–Trinajstić information content (AvgIpc) is 2.67. The fourth-order valence-corrected chi connectivity index (χ4v) is 2.02. The molecule has 0 N–H and O–H groups in total. The lowest BCUT2D eigenvalue weighted by Gasteiger charge is -2.24. The fourth-order valence-electron chi connectivity index (χ4n) is 1.68. The molecule has 0 spiro atoms. The first-order valence-electron chi connectivity index (χ1n) is 4.53. The van der Waals surface area contributed by atoms with Crippen molar-refractivity contribution in [3.63, 3.8) is 0 Å². The van der Waals surface area contributed by atoms with E-state index in [0.29, 0.717) is 6.61 Å². The van der Waals surface area contributed by atoms with Gasteiger partial charge in [0.1, 0.15) is 10.2 Å². The van der Waals surface area contributed by atoms with E-state index < -0.39 is 0 Å². The lowest BCUT2D eigenvalue weighted by atomic mass is 9.98. The SMILES string of the molecule is COC1(c2cccc(Br)n2)CCOC1. The van der Waals surface area contributed by atoms with Gasteiger partial charge in [0.15, 0.2) is 0 Å². The van der Waals surface area contributed by atoms with E-state index in [9.17, 15) is 0 Å². The van der Waals surface area contributed by atoms with E-state index in [0.717, 1.165) is 23.3 Å². The number of hydrogen-bond donors (Lipinski definition) is 0. The van der Waals surface area contributed by atoms with Crippen LogP contribution in [-0.2, 0) is 15.1 Å². The Labute approximate surface area is 91.6 Å². The highest BCUT2D eigenvalue weighted by Gasteiger charge is 2.38. The highest BCUT2D eigenvalue weighted by atomic mass is 79.9. The van der Waals surface area contributed by atoms with Crippen molar-refractivity contribution in [1.29, 1.82) is 0 Å². The maximum atomic E-state index is 5.53. The standard InChI is InChI=1S/C10H12BrNO2/c1-13-10(5-6-14-7-10)8-3-2-4-9(11)12-8/h2-4H,5-7H2,1H3. The molecule has 1 aromatic rings. The van der Waals surface area contributed by atoms with Crippen molar-refractivity contribution in [2.75, 3.05) is 20.3 Å². The number of ether oxygens (including phenoxy) is 2. The van der Waals surface area contributed by atoms with Crippen molar-refractivity contribution in [1.82, 2.24) is 4.98 Å². The summed E-state index contributed by atoms with van der Waals surface area (Å²) >= 11 is 3.36. The van der Waals surface area contributed by atoms with Crippen LogP contribution >= 0.6 is 15.9 Å². The Kier molecular flexibility index (Phi) is 2.85. The molecule has 0 saturated carbocycles. The molecule has 4 heteroatoms. The van der Waals surface area contributed by atoms with Gasteiger partial charge in [-0.15, -0.1) is 0 Å². The lowest BCUT2D eigenvalue weighted by Crippen LogP contribution is -2.29. The van der Waals surface area contributed by atoms with Crippen molar-refractivity contribution >= 4 is 15.9 Å². The first kappa shape index (κ1) is 10.1. The summed E-state index contributed by atoms with van der Waals surface area (Å²) in [5.74, 6) is 0. The third-order valence-corrected chi connectivity index (χ3v) is 3.00. The van der Waals surface area contributed by atoms with Gasteiger partial charge in [-0.25, -0.2) is 4.98 Å². The lowest BCUT2D eigenvalue weighted by molar-refractivity contribution is -0.0247. The topological polar surface area (TPSA) is 31.4 Å². The van der Waals surface area contributed by atoms with Gasteiger partial charge in [0.2, 0.25) is 0 Å². The van der Waals surface area contributed by atoms with Crippen LogP contribution < -0.4 is 0 Å². The number of pyridine rings is 1. The Bertz CT molecular complexity index is 324. The molecule has 1 atom stereocenters. The summed E-state index contributed by atoms with van der Waals surface area (Å²) in [4.78, 5) is 4.41. The van der Waals surface area contributed by atoms with Crippen LogP contribution in [0.25, 0.3) is 0 Å². The van der Waals surface area contributed by atoms with Gasteiger partial charge in [0, 0.05) is 20.1 Å². The molecular weight excluding hydrogens is 246 g/mol. The van der Waals surface area contributed by atoms with E-state index >= 15 is 0 Å². The Morgan fingerprint density at radius 1 is 1.57 bits per heavy atom. The molecule has 2 rings (SSSR count). The molecule has 2 heterocycles. The molecule has 1 unspecified atom stereocenters. The molecule has 3 nitrogen and oxygen atoms in total. The maximum absolute atomic E-state index is 5.53. The smallest absolute Gasteiger partial charge is 0.135 e. The van der Waals surface area contributed by atoms with Crippen molar-refractivity contribution in [3.8, 4) is 0 Å². The van der Waals surface area contributed by atoms with Crippen LogP contribution in [0.1, 0.15) is 12.1 Å². The predicted octanol–water partition coefficient (Wildman–Crippen LogP) is 2.11. The van der Waals surface area contributed by atoms with Crippen LogP contribution in [0, 0.1) is 0 Å². The molecule has 1 saturated heterocycles. The third kappa shape index (κ3) is 1.69. The molecule has 1 aliphatic heterocycles.